The number of hydrogen-bond donors (Lipinski definition) is 0. The van der Waals surface area contributed by atoms with Crippen LogP contribution in [0.5, 0.6) is 0 Å². The summed E-state index contributed by atoms with van der Waals surface area (Å²) >= 11 is 0. The van der Waals surface area contributed by atoms with Gasteiger partial charge in [0.15, 0.2) is 0 Å². The Labute approximate surface area is 156 Å². The SMILES string of the molecule is COC(=O)c1cc(COC(=O)c2cccc(S(=O)(=O)N(C)OC)c2)oc1C. The molecule has 1 aromatic carbocycles. The lowest BCUT2D eigenvalue weighted by Crippen LogP contribution is -2.25. The highest BCUT2D eigenvalue weighted by Gasteiger charge is 2.22. The van der Waals surface area contributed by atoms with E-state index in [9.17, 15) is 18.0 Å². The van der Waals surface area contributed by atoms with Crippen molar-refractivity contribution in [2.75, 3.05) is 21.3 Å². The molecule has 0 amide bonds. The van der Waals surface area contributed by atoms with Gasteiger partial charge in [-0.15, -0.1) is 0 Å². The molecular weight excluding hydrogens is 378 g/mol. The van der Waals surface area contributed by atoms with Gasteiger partial charge < -0.3 is 13.9 Å². The van der Waals surface area contributed by atoms with E-state index in [0.29, 0.717) is 10.2 Å². The van der Waals surface area contributed by atoms with Crippen molar-refractivity contribution < 1.29 is 36.7 Å². The molecule has 27 heavy (non-hydrogen) atoms. The highest BCUT2D eigenvalue weighted by molar-refractivity contribution is 7.89. The molecule has 1 heterocycles. The summed E-state index contributed by atoms with van der Waals surface area (Å²) in [5.74, 6) is -0.720. The van der Waals surface area contributed by atoms with Crippen molar-refractivity contribution >= 4 is 22.0 Å². The van der Waals surface area contributed by atoms with Crippen LogP contribution in [0.4, 0.5) is 0 Å². The van der Waals surface area contributed by atoms with Crippen molar-refractivity contribution in [3.8, 4) is 0 Å². The molecule has 10 heteroatoms. The van der Waals surface area contributed by atoms with Gasteiger partial charge >= 0.3 is 11.9 Å². The number of furan rings is 1. The van der Waals surface area contributed by atoms with Crippen LogP contribution in [-0.4, -0.2) is 46.1 Å². The Balaban J connectivity index is 2.13. The molecule has 0 radical (unpaired) electrons. The van der Waals surface area contributed by atoms with Gasteiger partial charge in [-0.25, -0.2) is 18.0 Å². The van der Waals surface area contributed by atoms with Crippen molar-refractivity contribution in [2.45, 2.75) is 18.4 Å². The van der Waals surface area contributed by atoms with E-state index >= 15 is 0 Å². The van der Waals surface area contributed by atoms with Crippen LogP contribution < -0.4 is 0 Å². The molecule has 0 aliphatic rings. The van der Waals surface area contributed by atoms with Crippen LogP contribution in [0.15, 0.2) is 39.6 Å². The van der Waals surface area contributed by atoms with Crippen LogP contribution in [0.25, 0.3) is 0 Å². The van der Waals surface area contributed by atoms with Gasteiger partial charge in [0.05, 0.1) is 24.7 Å². The molecule has 0 spiro atoms. The fourth-order valence-electron chi connectivity index (χ4n) is 2.18. The number of esters is 2. The van der Waals surface area contributed by atoms with Gasteiger partial charge in [0.25, 0.3) is 10.0 Å². The van der Waals surface area contributed by atoms with E-state index in [-0.39, 0.29) is 28.4 Å². The summed E-state index contributed by atoms with van der Waals surface area (Å²) in [4.78, 5) is 28.4. The number of rotatable bonds is 7. The zero-order valence-corrected chi connectivity index (χ0v) is 16.0. The Morgan fingerprint density at radius 2 is 1.85 bits per heavy atom. The minimum Gasteiger partial charge on any atom is -0.465 e. The number of sulfonamides is 1. The second-order valence-corrected chi connectivity index (χ2v) is 7.31. The maximum absolute atomic E-state index is 12.2. The number of nitrogens with zero attached hydrogens (tertiary/aromatic N) is 1. The van der Waals surface area contributed by atoms with Gasteiger partial charge in [-0.1, -0.05) is 10.5 Å². The molecule has 0 saturated heterocycles. The lowest BCUT2D eigenvalue weighted by Gasteiger charge is -2.14. The number of hydroxylamine groups is 1. The van der Waals surface area contributed by atoms with Crippen LogP contribution in [0.2, 0.25) is 0 Å². The summed E-state index contributed by atoms with van der Waals surface area (Å²) in [7, 11) is -0.200. The third kappa shape index (κ3) is 4.54. The molecule has 0 N–H and O–H groups in total. The fourth-order valence-corrected chi connectivity index (χ4v) is 3.20. The zero-order chi connectivity index (χ0) is 20.2. The molecule has 0 aliphatic heterocycles. The van der Waals surface area contributed by atoms with Crippen molar-refractivity contribution in [1.82, 2.24) is 4.47 Å². The molecule has 2 rings (SSSR count). The molecule has 9 nitrogen and oxygen atoms in total. The van der Waals surface area contributed by atoms with Crippen molar-refractivity contribution in [3.63, 3.8) is 0 Å². The predicted molar refractivity (Wildman–Crippen MR) is 92.3 cm³/mol. The first-order valence-corrected chi connectivity index (χ1v) is 9.12. The number of aryl methyl sites for hydroxylation is 1. The summed E-state index contributed by atoms with van der Waals surface area (Å²) in [6.45, 7) is 1.35. The van der Waals surface area contributed by atoms with Crippen molar-refractivity contribution in [2.24, 2.45) is 0 Å². The highest BCUT2D eigenvalue weighted by Crippen LogP contribution is 2.19. The second kappa shape index (κ2) is 8.33. The minimum absolute atomic E-state index is 0.0389. The van der Waals surface area contributed by atoms with E-state index in [1.807, 2.05) is 0 Å². The van der Waals surface area contributed by atoms with Gasteiger partial charge in [0.2, 0.25) is 0 Å². The third-order valence-electron chi connectivity index (χ3n) is 3.68. The van der Waals surface area contributed by atoms with E-state index in [0.717, 1.165) is 0 Å². The second-order valence-electron chi connectivity index (χ2n) is 5.38. The average Bonchev–Trinajstić information content (AvgIpc) is 3.05. The number of hydrogen-bond acceptors (Lipinski definition) is 8. The van der Waals surface area contributed by atoms with Crippen molar-refractivity contribution in [3.05, 3.63) is 53.0 Å². The molecule has 0 saturated carbocycles. The predicted octanol–water partition coefficient (Wildman–Crippen LogP) is 1.91. The summed E-state index contributed by atoms with van der Waals surface area (Å²) in [5, 5.41) is 0. The summed E-state index contributed by atoms with van der Waals surface area (Å²) in [6, 6.07) is 6.77. The first kappa shape index (κ1) is 20.6. The van der Waals surface area contributed by atoms with E-state index in [4.69, 9.17) is 14.0 Å². The number of benzene rings is 1. The first-order chi connectivity index (χ1) is 12.7. The maximum Gasteiger partial charge on any atom is 0.341 e. The lowest BCUT2D eigenvalue weighted by atomic mass is 10.2. The van der Waals surface area contributed by atoms with Crippen molar-refractivity contribution in [1.29, 1.82) is 0 Å². The smallest absolute Gasteiger partial charge is 0.341 e. The summed E-state index contributed by atoms with van der Waals surface area (Å²) in [6.07, 6.45) is 0. The molecule has 0 bridgehead atoms. The first-order valence-electron chi connectivity index (χ1n) is 7.68. The molecule has 146 valence electrons. The molecule has 0 atom stereocenters. The Kier molecular flexibility index (Phi) is 6.37. The van der Waals surface area contributed by atoms with Gasteiger partial charge in [-0.3, -0.25) is 4.84 Å². The largest absolute Gasteiger partial charge is 0.465 e. The van der Waals surface area contributed by atoms with Gasteiger partial charge in [-0.2, -0.15) is 0 Å². The Morgan fingerprint density at radius 1 is 1.15 bits per heavy atom. The van der Waals surface area contributed by atoms with Crippen LogP contribution in [0, 0.1) is 6.92 Å². The number of carbonyl (C=O) groups excluding carboxylic acids is 2. The lowest BCUT2D eigenvalue weighted by molar-refractivity contribution is -0.0258. The van der Waals surface area contributed by atoms with E-state index in [1.54, 1.807) is 6.92 Å². The topological polar surface area (TPSA) is 112 Å². The average molecular weight is 397 g/mol. The fraction of sp³-hybridized carbons (Fsp3) is 0.294. The highest BCUT2D eigenvalue weighted by atomic mass is 32.2. The summed E-state index contributed by atoms with van der Waals surface area (Å²) < 4.78 is 40.3. The molecule has 0 fully saturated rings. The normalized spacial score (nSPS) is 11.4. The molecule has 0 aliphatic carbocycles. The third-order valence-corrected chi connectivity index (χ3v) is 5.36. The van der Waals surface area contributed by atoms with Crippen LogP contribution in [-0.2, 0) is 30.9 Å². The van der Waals surface area contributed by atoms with Crippen LogP contribution >= 0.6 is 0 Å². The zero-order valence-electron chi connectivity index (χ0n) is 15.2. The molecule has 0 unspecified atom stereocenters. The minimum atomic E-state index is -3.89. The van der Waals surface area contributed by atoms with Crippen LogP contribution in [0.3, 0.4) is 0 Å². The Morgan fingerprint density at radius 3 is 2.48 bits per heavy atom. The standard InChI is InChI=1S/C17H19NO8S/c1-11-15(17(20)23-3)9-13(26-11)10-25-16(19)12-6-5-7-14(8-12)27(21,22)18(2)24-4/h5-9H,10H2,1-4H3. The van der Waals surface area contributed by atoms with Gasteiger partial charge in [-0.05, 0) is 31.2 Å². The maximum atomic E-state index is 12.2. The number of methoxy groups -OCH3 is 1. The molecular formula is C17H19NO8S. The Bertz CT molecular complexity index is 948. The molecule has 2 aromatic rings. The number of ether oxygens (including phenoxy) is 2. The van der Waals surface area contributed by atoms with E-state index in [2.05, 4.69) is 4.74 Å². The van der Waals surface area contributed by atoms with E-state index < -0.39 is 22.0 Å². The van der Waals surface area contributed by atoms with Gasteiger partial charge in [0, 0.05) is 7.05 Å². The number of carbonyl (C=O) groups is 2. The Hall–Kier alpha value is -2.69. The van der Waals surface area contributed by atoms with Gasteiger partial charge in [0.1, 0.15) is 23.7 Å². The van der Waals surface area contributed by atoms with Crippen LogP contribution in [0.1, 0.15) is 32.2 Å². The molecule has 1 aromatic heterocycles. The summed E-state index contributed by atoms with van der Waals surface area (Å²) in [5.41, 5.74) is 0.274. The monoisotopic (exact) mass is 397 g/mol. The quantitative estimate of drug-likeness (QED) is 0.514. The van der Waals surface area contributed by atoms with E-state index in [1.165, 1.54) is 51.6 Å².